The minimum absolute atomic E-state index is 0.165. The van der Waals surface area contributed by atoms with Gasteiger partial charge in [-0.15, -0.1) is 0 Å². The van der Waals surface area contributed by atoms with Gasteiger partial charge in [-0.05, 0) is 65.1 Å². The third-order valence-electron chi connectivity index (χ3n) is 9.33. The highest BCUT2D eigenvalue weighted by molar-refractivity contribution is 6.02. The summed E-state index contributed by atoms with van der Waals surface area (Å²) in [7, 11) is 9.43. The first-order valence-corrected chi connectivity index (χ1v) is 17.1. The van der Waals surface area contributed by atoms with Crippen LogP contribution in [-0.4, -0.2) is 95.5 Å². The van der Waals surface area contributed by atoms with Gasteiger partial charge in [-0.3, -0.25) is 9.48 Å². The molecule has 6 rings (SSSR count). The maximum atomic E-state index is 13.5. The Morgan fingerprint density at radius 3 is 2.51 bits per heavy atom. The molecular weight excluding hydrogens is 648 g/mol. The number of ether oxygens (including phenoxy) is 2. The van der Waals surface area contributed by atoms with E-state index in [0.717, 1.165) is 54.1 Å². The van der Waals surface area contributed by atoms with Gasteiger partial charge < -0.3 is 34.8 Å². The second-order valence-corrected chi connectivity index (χ2v) is 13.7. The standard InChI is InChI=1S/C37H46N10O4/c1-9-32(48)40-27-17-28(31(50-8)18-30(27)45(6)16-15-44(4)5)42-36-38-20-25(35(49)51-23(2)3)34(43-36)47-22-37(13-10-14-37)33-29(47)12-11-26(41-33)24-19-39-46(7)21-24/h9,11-12,17-21,23H,1,10,13-16,22H2,2-8H3,(H,40,48)(H,38,42,43). The quantitative estimate of drug-likeness (QED) is 0.139. The molecule has 0 bridgehead atoms. The van der Waals surface area contributed by atoms with Gasteiger partial charge >= 0.3 is 5.97 Å². The summed E-state index contributed by atoms with van der Waals surface area (Å²) in [4.78, 5) is 46.9. The number of rotatable bonds is 13. The van der Waals surface area contributed by atoms with Crippen LogP contribution in [0.2, 0.25) is 0 Å². The molecule has 2 aliphatic rings. The number of carbonyl (C=O) groups excluding carboxylic acids is 2. The summed E-state index contributed by atoms with van der Waals surface area (Å²) < 4.78 is 13.2. The van der Waals surface area contributed by atoms with Crippen molar-refractivity contribution >= 4 is 46.4 Å². The fourth-order valence-electron chi connectivity index (χ4n) is 6.51. The lowest BCUT2D eigenvalue weighted by atomic mass is 9.67. The van der Waals surface area contributed by atoms with Crippen molar-refractivity contribution in [1.82, 2.24) is 29.6 Å². The van der Waals surface area contributed by atoms with E-state index in [1.165, 1.54) is 12.3 Å². The van der Waals surface area contributed by atoms with Crippen LogP contribution in [0.3, 0.4) is 0 Å². The fourth-order valence-corrected chi connectivity index (χ4v) is 6.51. The normalized spacial score (nSPS) is 14.3. The molecule has 1 saturated carbocycles. The number of esters is 1. The highest BCUT2D eigenvalue weighted by Gasteiger charge is 2.50. The first-order valence-electron chi connectivity index (χ1n) is 17.1. The molecule has 1 spiro atoms. The lowest BCUT2D eigenvalue weighted by Crippen LogP contribution is -2.39. The topological polar surface area (TPSA) is 143 Å². The molecule has 268 valence electrons. The molecule has 0 saturated heterocycles. The number of pyridine rings is 1. The van der Waals surface area contributed by atoms with Crippen molar-refractivity contribution < 1.29 is 19.1 Å². The molecule has 1 aromatic carbocycles. The molecule has 51 heavy (non-hydrogen) atoms. The number of aryl methyl sites for hydroxylation is 1. The zero-order valence-electron chi connectivity index (χ0n) is 30.4. The number of hydrogen-bond donors (Lipinski definition) is 2. The van der Waals surface area contributed by atoms with Crippen LogP contribution in [0.25, 0.3) is 11.3 Å². The van der Waals surface area contributed by atoms with E-state index in [-0.39, 0.29) is 28.9 Å². The van der Waals surface area contributed by atoms with Gasteiger partial charge in [0.15, 0.2) is 5.82 Å². The van der Waals surface area contributed by atoms with Crippen molar-refractivity contribution in [1.29, 1.82) is 0 Å². The molecule has 14 nitrogen and oxygen atoms in total. The molecule has 0 atom stereocenters. The van der Waals surface area contributed by atoms with Crippen molar-refractivity contribution in [3.63, 3.8) is 0 Å². The number of anilines is 6. The summed E-state index contributed by atoms with van der Waals surface area (Å²) >= 11 is 0. The van der Waals surface area contributed by atoms with Crippen molar-refractivity contribution in [3.8, 4) is 17.0 Å². The van der Waals surface area contributed by atoms with Crippen LogP contribution in [0.4, 0.5) is 34.5 Å². The van der Waals surface area contributed by atoms with E-state index in [1.54, 1.807) is 17.9 Å². The zero-order chi connectivity index (χ0) is 36.4. The highest BCUT2D eigenvalue weighted by Crippen LogP contribution is 2.54. The van der Waals surface area contributed by atoms with Crippen molar-refractivity contribution in [2.75, 3.05) is 68.3 Å². The molecule has 0 radical (unpaired) electrons. The molecule has 1 aliphatic carbocycles. The summed E-state index contributed by atoms with van der Waals surface area (Å²) in [6, 6.07) is 7.67. The smallest absolute Gasteiger partial charge is 0.343 e. The van der Waals surface area contributed by atoms with Crippen LogP contribution in [0, 0.1) is 0 Å². The Hall–Kier alpha value is -5.50. The number of fused-ring (bicyclic) bond motifs is 2. The molecule has 3 aromatic heterocycles. The molecular formula is C37H46N10O4. The zero-order valence-corrected chi connectivity index (χ0v) is 30.4. The SMILES string of the molecule is C=CC(=O)Nc1cc(Nc2ncc(C(=O)OC(C)C)c(N3CC4(CCC4)c4nc(-c5cnn(C)c5)ccc43)n2)c(OC)cc1N(C)CCN(C)C. The highest BCUT2D eigenvalue weighted by atomic mass is 16.5. The van der Waals surface area contributed by atoms with Gasteiger partial charge in [0.05, 0.1) is 53.5 Å². The predicted molar refractivity (Wildman–Crippen MR) is 198 cm³/mol. The van der Waals surface area contributed by atoms with E-state index >= 15 is 0 Å². The van der Waals surface area contributed by atoms with E-state index in [9.17, 15) is 9.59 Å². The van der Waals surface area contributed by atoms with Crippen LogP contribution in [0.15, 0.2) is 55.5 Å². The van der Waals surface area contributed by atoms with Crippen LogP contribution >= 0.6 is 0 Å². The molecule has 1 amide bonds. The molecule has 1 fully saturated rings. The number of amides is 1. The molecule has 4 heterocycles. The van der Waals surface area contributed by atoms with E-state index in [4.69, 9.17) is 19.4 Å². The van der Waals surface area contributed by atoms with Crippen molar-refractivity contribution in [2.45, 2.75) is 44.6 Å². The molecule has 4 aromatic rings. The monoisotopic (exact) mass is 694 g/mol. The Balaban J connectivity index is 1.42. The maximum absolute atomic E-state index is 13.5. The number of nitrogens with zero attached hydrogens (tertiary/aromatic N) is 8. The van der Waals surface area contributed by atoms with Crippen LogP contribution in [-0.2, 0) is 22.0 Å². The third-order valence-corrected chi connectivity index (χ3v) is 9.33. The van der Waals surface area contributed by atoms with Crippen LogP contribution in [0.5, 0.6) is 5.75 Å². The number of aromatic nitrogens is 5. The lowest BCUT2D eigenvalue weighted by Gasteiger charge is -2.38. The number of benzene rings is 1. The maximum Gasteiger partial charge on any atom is 0.343 e. The van der Waals surface area contributed by atoms with Crippen LogP contribution < -0.4 is 25.2 Å². The number of nitrogens with one attached hydrogen (secondary N) is 2. The van der Waals surface area contributed by atoms with Gasteiger partial charge in [-0.25, -0.2) is 14.8 Å². The van der Waals surface area contributed by atoms with E-state index in [2.05, 4.69) is 37.1 Å². The Morgan fingerprint density at radius 2 is 1.88 bits per heavy atom. The minimum Gasteiger partial charge on any atom is -0.494 e. The summed E-state index contributed by atoms with van der Waals surface area (Å²) in [5.74, 6) is 0.296. The average Bonchev–Trinajstić information content (AvgIpc) is 3.68. The predicted octanol–water partition coefficient (Wildman–Crippen LogP) is 5.29. The fraction of sp³-hybridized carbons (Fsp3) is 0.405. The molecule has 0 unspecified atom stereocenters. The Kier molecular flexibility index (Phi) is 9.97. The van der Waals surface area contributed by atoms with Crippen LogP contribution in [0.1, 0.15) is 49.2 Å². The summed E-state index contributed by atoms with van der Waals surface area (Å²) in [5.41, 5.74) is 5.59. The second kappa shape index (κ2) is 14.4. The Morgan fingerprint density at radius 1 is 1.10 bits per heavy atom. The molecule has 2 N–H and O–H groups in total. The summed E-state index contributed by atoms with van der Waals surface area (Å²) in [6.07, 6.45) is 9.20. The van der Waals surface area contributed by atoms with Gasteiger partial charge in [-0.2, -0.15) is 10.1 Å². The summed E-state index contributed by atoms with van der Waals surface area (Å²) in [5, 5.41) is 10.6. The number of carbonyl (C=O) groups is 2. The number of likely N-dealkylation sites (N-methyl/N-ethyl adjacent to an activating group) is 2. The average molecular weight is 695 g/mol. The first-order chi connectivity index (χ1) is 24.4. The van der Waals surface area contributed by atoms with Gasteiger partial charge in [0.1, 0.15) is 11.3 Å². The van der Waals surface area contributed by atoms with E-state index in [0.29, 0.717) is 36.0 Å². The number of methoxy groups -OCH3 is 1. The minimum atomic E-state index is -0.514. The first kappa shape index (κ1) is 35.3. The largest absolute Gasteiger partial charge is 0.494 e. The van der Waals surface area contributed by atoms with Gasteiger partial charge in [0.2, 0.25) is 11.9 Å². The molecule has 1 aliphatic heterocycles. The third kappa shape index (κ3) is 7.22. The van der Waals surface area contributed by atoms with Gasteiger partial charge in [0.25, 0.3) is 0 Å². The second-order valence-electron chi connectivity index (χ2n) is 13.7. The molecule has 14 heteroatoms. The lowest BCUT2D eigenvalue weighted by molar-refractivity contribution is -0.111. The Bertz CT molecular complexity index is 1950. The van der Waals surface area contributed by atoms with Gasteiger partial charge in [-0.1, -0.05) is 13.0 Å². The van der Waals surface area contributed by atoms with Crippen molar-refractivity contribution in [2.24, 2.45) is 7.05 Å². The van der Waals surface area contributed by atoms with Crippen molar-refractivity contribution in [3.05, 3.63) is 66.8 Å². The van der Waals surface area contributed by atoms with E-state index < -0.39 is 5.97 Å². The van der Waals surface area contributed by atoms with Gasteiger partial charge in [0, 0.05) is 63.2 Å². The number of hydrogen-bond acceptors (Lipinski definition) is 12. The summed E-state index contributed by atoms with van der Waals surface area (Å²) in [6.45, 7) is 9.35. The Labute approximate surface area is 298 Å². The van der Waals surface area contributed by atoms with E-state index in [1.807, 2.05) is 77.5 Å².